The van der Waals surface area contributed by atoms with Crippen molar-refractivity contribution in [2.24, 2.45) is 0 Å². The Morgan fingerprint density at radius 1 is 1.43 bits per heavy atom. The fourth-order valence-electron chi connectivity index (χ4n) is 2.19. The zero-order chi connectivity index (χ0) is 15.2. The number of fused-ring (bicyclic) bond motifs is 1. The monoisotopic (exact) mass is 308 g/mol. The molecule has 0 saturated carbocycles. The zero-order valence-corrected chi connectivity index (χ0v) is 13.1. The summed E-state index contributed by atoms with van der Waals surface area (Å²) in [4.78, 5) is 27.1. The third-order valence-corrected chi connectivity index (χ3v) is 4.69. The second-order valence-electron chi connectivity index (χ2n) is 4.75. The van der Waals surface area contributed by atoms with Gasteiger partial charge in [0.25, 0.3) is 0 Å². The van der Waals surface area contributed by atoms with Crippen molar-refractivity contribution in [2.45, 2.75) is 23.5 Å². The van der Waals surface area contributed by atoms with E-state index in [9.17, 15) is 9.59 Å². The number of para-hydroxylation sites is 1. The van der Waals surface area contributed by atoms with Crippen molar-refractivity contribution in [3.05, 3.63) is 24.3 Å². The van der Waals surface area contributed by atoms with Crippen LogP contribution >= 0.6 is 11.8 Å². The molecule has 0 aromatic heterocycles. The molecule has 0 bridgehead atoms. The second-order valence-corrected chi connectivity index (χ2v) is 5.99. The van der Waals surface area contributed by atoms with Gasteiger partial charge in [-0.05, 0) is 18.6 Å². The minimum atomic E-state index is -0.169. The van der Waals surface area contributed by atoms with E-state index >= 15 is 0 Å². The van der Waals surface area contributed by atoms with Crippen LogP contribution in [0.3, 0.4) is 0 Å². The molecule has 1 heterocycles. The largest absolute Gasteiger partial charge is 0.383 e. The molecule has 1 aliphatic rings. The predicted octanol–water partition coefficient (Wildman–Crippen LogP) is 1.67. The molecule has 1 aliphatic heterocycles. The quantitative estimate of drug-likeness (QED) is 0.812. The van der Waals surface area contributed by atoms with E-state index in [2.05, 4.69) is 5.32 Å². The lowest BCUT2D eigenvalue weighted by Crippen LogP contribution is -2.46. The highest BCUT2D eigenvalue weighted by Crippen LogP contribution is 2.39. The Morgan fingerprint density at radius 2 is 2.19 bits per heavy atom. The van der Waals surface area contributed by atoms with Crippen LogP contribution in [0.4, 0.5) is 5.69 Å². The number of methoxy groups -OCH3 is 1. The maximum absolute atomic E-state index is 12.5. The van der Waals surface area contributed by atoms with Crippen LogP contribution in [-0.2, 0) is 14.3 Å². The first kappa shape index (κ1) is 15.9. The average molecular weight is 308 g/mol. The van der Waals surface area contributed by atoms with E-state index in [1.165, 1.54) is 0 Å². The first-order valence-electron chi connectivity index (χ1n) is 7.00. The highest BCUT2D eigenvalue weighted by molar-refractivity contribution is 8.01. The van der Waals surface area contributed by atoms with E-state index < -0.39 is 0 Å². The van der Waals surface area contributed by atoms with Gasteiger partial charge in [-0.15, -0.1) is 11.8 Å². The molecule has 1 atom stereocenters. The van der Waals surface area contributed by atoms with Crippen molar-refractivity contribution in [1.29, 1.82) is 0 Å². The molecule has 0 fully saturated rings. The summed E-state index contributed by atoms with van der Waals surface area (Å²) in [5, 5.41) is 2.63. The van der Waals surface area contributed by atoms with Crippen molar-refractivity contribution in [3.63, 3.8) is 0 Å². The van der Waals surface area contributed by atoms with Crippen LogP contribution in [0, 0.1) is 0 Å². The van der Waals surface area contributed by atoms with Gasteiger partial charge in [-0.1, -0.05) is 19.1 Å². The molecule has 1 N–H and O–H groups in total. The SMILES string of the molecule is CC[C@H]1Sc2ccccc2N(CC(=O)NCCOC)C1=O. The number of carbonyl (C=O) groups excluding carboxylic acids is 2. The number of nitrogens with zero attached hydrogens (tertiary/aromatic N) is 1. The van der Waals surface area contributed by atoms with Gasteiger partial charge in [-0.25, -0.2) is 0 Å². The number of carbonyl (C=O) groups is 2. The van der Waals surface area contributed by atoms with Gasteiger partial charge in [0.15, 0.2) is 0 Å². The third kappa shape index (κ3) is 3.77. The Kier molecular flexibility index (Phi) is 5.64. The lowest BCUT2D eigenvalue weighted by Gasteiger charge is -2.32. The number of amides is 2. The summed E-state index contributed by atoms with van der Waals surface area (Å²) in [6, 6.07) is 7.71. The van der Waals surface area contributed by atoms with Crippen LogP contribution in [0.1, 0.15) is 13.3 Å². The summed E-state index contributed by atoms with van der Waals surface area (Å²) >= 11 is 1.57. The van der Waals surface area contributed by atoms with Gasteiger partial charge in [-0.3, -0.25) is 9.59 Å². The molecule has 0 spiro atoms. The number of rotatable bonds is 6. The standard InChI is InChI=1S/C15H20N2O3S/c1-3-12-15(19)17(10-14(18)16-8-9-20-2)11-6-4-5-7-13(11)21-12/h4-7,12H,3,8-10H2,1-2H3,(H,16,18)/t12-/m1/s1. The highest BCUT2D eigenvalue weighted by atomic mass is 32.2. The number of ether oxygens (including phenoxy) is 1. The third-order valence-electron chi connectivity index (χ3n) is 3.27. The molecule has 0 aliphatic carbocycles. The maximum atomic E-state index is 12.5. The predicted molar refractivity (Wildman–Crippen MR) is 83.6 cm³/mol. The van der Waals surface area contributed by atoms with Crippen LogP contribution < -0.4 is 10.2 Å². The molecule has 2 rings (SSSR count). The lowest BCUT2D eigenvalue weighted by molar-refractivity contribution is -0.123. The number of hydrogen-bond donors (Lipinski definition) is 1. The van der Waals surface area contributed by atoms with E-state index in [0.717, 1.165) is 17.0 Å². The number of nitrogens with one attached hydrogen (secondary N) is 1. The van der Waals surface area contributed by atoms with Gasteiger partial charge in [0.1, 0.15) is 6.54 Å². The zero-order valence-electron chi connectivity index (χ0n) is 12.3. The fraction of sp³-hybridized carbons (Fsp3) is 0.467. The van der Waals surface area contributed by atoms with Crippen molar-refractivity contribution in [3.8, 4) is 0 Å². The Hall–Kier alpha value is -1.53. The Balaban J connectivity index is 2.12. The topological polar surface area (TPSA) is 58.6 Å². The average Bonchev–Trinajstić information content (AvgIpc) is 2.50. The molecule has 1 aromatic carbocycles. The van der Waals surface area contributed by atoms with Crippen molar-refractivity contribution >= 4 is 29.3 Å². The highest BCUT2D eigenvalue weighted by Gasteiger charge is 2.33. The van der Waals surface area contributed by atoms with E-state index in [4.69, 9.17) is 4.74 Å². The number of anilines is 1. The molecule has 0 unspecified atom stereocenters. The number of thioether (sulfide) groups is 1. The normalized spacial score (nSPS) is 17.5. The fourth-order valence-corrected chi connectivity index (χ4v) is 3.35. The summed E-state index contributed by atoms with van der Waals surface area (Å²) in [7, 11) is 1.58. The van der Waals surface area contributed by atoms with E-state index in [1.807, 2.05) is 31.2 Å². The molecular formula is C15H20N2O3S. The minimum absolute atomic E-state index is 0.00286. The molecule has 0 radical (unpaired) electrons. The minimum Gasteiger partial charge on any atom is -0.383 e. The Bertz CT molecular complexity index is 521. The summed E-state index contributed by atoms with van der Waals surface area (Å²) in [6.07, 6.45) is 0.750. The summed E-state index contributed by atoms with van der Waals surface area (Å²) in [5.74, 6) is -0.167. The van der Waals surface area contributed by atoms with Gasteiger partial charge < -0.3 is 15.0 Å². The smallest absolute Gasteiger partial charge is 0.240 e. The Labute approximate surface area is 129 Å². The van der Waals surface area contributed by atoms with Crippen molar-refractivity contribution in [2.75, 3.05) is 31.7 Å². The van der Waals surface area contributed by atoms with E-state index in [0.29, 0.717) is 13.2 Å². The van der Waals surface area contributed by atoms with Crippen LogP contribution in [0.25, 0.3) is 0 Å². The van der Waals surface area contributed by atoms with Crippen molar-refractivity contribution in [1.82, 2.24) is 5.32 Å². The lowest BCUT2D eigenvalue weighted by atomic mass is 10.2. The molecule has 5 nitrogen and oxygen atoms in total. The molecule has 21 heavy (non-hydrogen) atoms. The van der Waals surface area contributed by atoms with Crippen LogP contribution in [0.2, 0.25) is 0 Å². The first-order chi connectivity index (χ1) is 10.2. The van der Waals surface area contributed by atoms with E-state index in [-0.39, 0.29) is 23.6 Å². The molecular weight excluding hydrogens is 288 g/mol. The van der Waals surface area contributed by atoms with Crippen LogP contribution in [0.5, 0.6) is 0 Å². The summed E-state index contributed by atoms with van der Waals surface area (Å²) < 4.78 is 4.90. The maximum Gasteiger partial charge on any atom is 0.240 e. The van der Waals surface area contributed by atoms with Gasteiger partial charge >= 0.3 is 0 Å². The van der Waals surface area contributed by atoms with Crippen LogP contribution in [0.15, 0.2) is 29.2 Å². The number of hydrogen-bond acceptors (Lipinski definition) is 4. The van der Waals surface area contributed by atoms with Crippen LogP contribution in [-0.4, -0.2) is 43.9 Å². The summed E-state index contributed by atoms with van der Waals surface area (Å²) in [5.41, 5.74) is 0.819. The molecule has 2 amide bonds. The molecule has 1 aromatic rings. The second kappa shape index (κ2) is 7.47. The van der Waals surface area contributed by atoms with Gasteiger partial charge in [-0.2, -0.15) is 0 Å². The molecule has 114 valence electrons. The first-order valence-corrected chi connectivity index (χ1v) is 7.88. The molecule has 0 saturated heterocycles. The number of benzene rings is 1. The van der Waals surface area contributed by atoms with Gasteiger partial charge in [0, 0.05) is 18.6 Å². The van der Waals surface area contributed by atoms with Gasteiger partial charge in [0.2, 0.25) is 11.8 Å². The van der Waals surface area contributed by atoms with Crippen molar-refractivity contribution < 1.29 is 14.3 Å². The van der Waals surface area contributed by atoms with Gasteiger partial charge in [0.05, 0.1) is 17.5 Å². The van der Waals surface area contributed by atoms with E-state index in [1.54, 1.807) is 23.8 Å². The Morgan fingerprint density at radius 3 is 2.90 bits per heavy atom. The summed E-state index contributed by atoms with van der Waals surface area (Å²) in [6.45, 7) is 2.95. The molecule has 6 heteroatoms.